The Kier molecular flexibility index (Phi) is 6.17. The van der Waals surface area contributed by atoms with Gasteiger partial charge in [0.05, 0.1) is 6.04 Å². The number of hydrogen-bond donors (Lipinski definition) is 1. The molecule has 0 spiro atoms. The van der Waals surface area contributed by atoms with E-state index in [4.69, 9.17) is 4.52 Å². The van der Waals surface area contributed by atoms with Crippen LogP contribution in [0.4, 0.5) is 0 Å². The van der Waals surface area contributed by atoms with Crippen molar-refractivity contribution in [1.82, 2.24) is 15.5 Å². The van der Waals surface area contributed by atoms with Gasteiger partial charge in [0.25, 0.3) is 0 Å². The summed E-state index contributed by atoms with van der Waals surface area (Å²) in [5.41, 5.74) is 2.18. The molecule has 0 saturated carbocycles. The zero-order valence-electron chi connectivity index (χ0n) is 14.5. The minimum atomic E-state index is -0.0590. The number of carbonyl (C=O) groups excluding carboxylic acids is 1. The quantitative estimate of drug-likeness (QED) is 0.628. The molecule has 0 radical (unpaired) electrons. The zero-order chi connectivity index (χ0) is 18.4. The van der Waals surface area contributed by atoms with E-state index in [-0.39, 0.29) is 11.9 Å². The second-order valence-electron chi connectivity index (χ2n) is 6.11. The van der Waals surface area contributed by atoms with Crippen molar-refractivity contribution in [3.8, 4) is 0 Å². The van der Waals surface area contributed by atoms with Crippen molar-refractivity contribution in [1.29, 1.82) is 0 Å². The van der Waals surface area contributed by atoms with Gasteiger partial charge in [-0.1, -0.05) is 63.6 Å². The zero-order valence-corrected chi connectivity index (χ0v) is 16.1. The van der Waals surface area contributed by atoms with Gasteiger partial charge in [0.2, 0.25) is 11.8 Å². The summed E-state index contributed by atoms with van der Waals surface area (Å²) in [6.45, 7) is 1.96. The van der Waals surface area contributed by atoms with Crippen molar-refractivity contribution in [2.24, 2.45) is 0 Å². The molecule has 5 nitrogen and oxygen atoms in total. The van der Waals surface area contributed by atoms with Crippen molar-refractivity contribution in [2.45, 2.75) is 32.2 Å². The van der Waals surface area contributed by atoms with Crippen LogP contribution in [0.25, 0.3) is 0 Å². The molecular weight excluding hydrogens is 394 g/mol. The molecule has 1 amide bonds. The number of aromatic nitrogens is 2. The second kappa shape index (κ2) is 8.76. The summed E-state index contributed by atoms with van der Waals surface area (Å²) in [5.74, 6) is 1.08. The van der Waals surface area contributed by atoms with Crippen LogP contribution in [0.5, 0.6) is 0 Å². The number of hydrogen-bond acceptors (Lipinski definition) is 4. The molecule has 1 N–H and O–H groups in total. The smallest absolute Gasteiger partial charge is 0.227 e. The molecule has 0 saturated heterocycles. The van der Waals surface area contributed by atoms with Crippen molar-refractivity contribution in [2.75, 3.05) is 0 Å². The summed E-state index contributed by atoms with van der Waals surface area (Å²) < 4.78 is 6.24. The summed E-state index contributed by atoms with van der Waals surface area (Å²) in [5, 5.41) is 6.98. The lowest BCUT2D eigenvalue weighted by Gasteiger charge is -2.14. The molecular formula is C20H20BrN3O2. The van der Waals surface area contributed by atoms with Gasteiger partial charge >= 0.3 is 0 Å². The number of halogens is 1. The average Bonchev–Trinajstić information content (AvgIpc) is 3.08. The topological polar surface area (TPSA) is 68.0 Å². The molecule has 1 unspecified atom stereocenters. The van der Waals surface area contributed by atoms with E-state index >= 15 is 0 Å². The van der Waals surface area contributed by atoms with Crippen molar-refractivity contribution in [3.63, 3.8) is 0 Å². The SMILES string of the molecule is CC(NC(=O)CCc1nc(Cc2ccccc2)no1)c1cccc(Br)c1. The van der Waals surface area contributed by atoms with E-state index in [1.165, 1.54) is 0 Å². The third-order valence-electron chi connectivity index (χ3n) is 4.01. The first-order valence-electron chi connectivity index (χ1n) is 8.50. The lowest BCUT2D eigenvalue weighted by Crippen LogP contribution is -2.26. The highest BCUT2D eigenvalue weighted by atomic mass is 79.9. The predicted octanol–water partition coefficient (Wildman–Crippen LogP) is 4.23. The fourth-order valence-corrected chi connectivity index (χ4v) is 3.05. The molecule has 0 aliphatic heterocycles. The van der Waals surface area contributed by atoms with E-state index in [2.05, 4.69) is 31.4 Å². The second-order valence-corrected chi connectivity index (χ2v) is 7.03. The van der Waals surface area contributed by atoms with Crippen molar-refractivity contribution in [3.05, 3.63) is 81.9 Å². The Bertz CT molecular complexity index is 864. The molecule has 2 aromatic carbocycles. The highest BCUT2D eigenvalue weighted by Crippen LogP contribution is 2.18. The molecule has 0 aliphatic carbocycles. The fourth-order valence-electron chi connectivity index (χ4n) is 2.64. The molecule has 134 valence electrons. The minimum absolute atomic E-state index is 0.0414. The number of benzene rings is 2. The summed E-state index contributed by atoms with van der Waals surface area (Å²) in [7, 11) is 0. The van der Waals surface area contributed by atoms with Gasteiger partial charge in [0, 0.05) is 23.7 Å². The Balaban J connectivity index is 1.49. The predicted molar refractivity (Wildman–Crippen MR) is 103 cm³/mol. The molecule has 1 atom stereocenters. The van der Waals surface area contributed by atoms with E-state index in [1.54, 1.807) is 0 Å². The number of rotatable bonds is 7. The molecule has 0 bridgehead atoms. The van der Waals surface area contributed by atoms with E-state index in [0.717, 1.165) is 15.6 Å². The normalized spacial score (nSPS) is 11.9. The molecule has 0 aliphatic rings. The summed E-state index contributed by atoms with van der Waals surface area (Å²) >= 11 is 3.44. The Morgan fingerprint density at radius 3 is 2.77 bits per heavy atom. The van der Waals surface area contributed by atoms with Gasteiger partial charge in [-0.3, -0.25) is 4.79 Å². The highest BCUT2D eigenvalue weighted by Gasteiger charge is 2.13. The third-order valence-corrected chi connectivity index (χ3v) is 4.50. The standard InChI is InChI=1S/C20H20BrN3O2/c1-14(16-8-5-9-17(21)13-16)22-19(25)10-11-20-23-18(24-26-20)12-15-6-3-2-4-7-15/h2-9,13-14H,10-12H2,1H3,(H,22,25). The van der Waals surface area contributed by atoms with Gasteiger partial charge in [-0.15, -0.1) is 0 Å². The van der Waals surface area contributed by atoms with Crippen LogP contribution in [-0.2, 0) is 17.6 Å². The molecule has 1 heterocycles. The maximum absolute atomic E-state index is 12.2. The Hall–Kier alpha value is -2.47. The molecule has 6 heteroatoms. The first kappa shape index (κ1) is 18.3. The molecule has 0 fully saturated rings. The Morgan fingerprint density at radius 2 is 2.00 bits per heavy atom. The van der Waals surface area contributed by atoms with Gasteiger partial charge in [-0.05, 0) is 30.2 Å². The van der Waals surface area contributed by atoms with Crippen LogP contribution in [0.2, 0.25) is 0 Å². The van der Waals surface area contributed by atoms with Gasteiger partial charge in [-0.2, -0.15) is 4.98 Å². The van der Waals surface area contributed by atoms with E-state index < -0.39 is 0 Å². The maximum Gasteiger partial charge on any atom is 0.227 e. The molecule has 3 aromatic rings. The van der Waals surface area contributed by atoms with Crippen molar-refractivity contribution >= 4 is 21.8 Å². The van der Waals surface area contributed by atoms with Gasteiger partial charge in [-0.25, -0.2) is 0 Å². The van der Waals surface area contributed by atoms with Crippen LogP contribution in [0, 0.1) is 0 Å². The number of carbonyl (C=O) groups is 1. The van der Waals surface area contributed by atoms with Crippen LogP contribution >= 0.6 is 15.9 Å². The lowest BCUT2D eigenvalue weighted by molar-refractivity contribution is -0.121. The molecule has 26 heavy (non-hydrogen) atoms. The van der Waals surface area contributed by atoms with Crippen LogP contribution in [0.15, 0.2) is 63.6 Å². The maximum atomic E-state index is 12.2. The summed E-state index contributed by atoms with van der Waals surface area (Å²) in [4.78, 5) is 16.5. The highest BCUT2D eigenvalue weighted by molar-refractivity contribution is 9.10. The fraction of sp³-hybridized carbons (Fsp3) is 0.250. The minimum Gasteiger partial charge on any atom is -0.350 e. The first-order chi connectivity index (χ1) is 12.6. The van der Waals surface area contributed by atoms with Gasteiger partial charge < -0.3 is 9.84 Å². The number of amides is 1. The summed E-state index contributed by atoms with van der Waals surface area (Å²) in [6, 6.07) is 17.8. The Labute approximate surface area is 160 Å². The van der Waals surface area contributed by atoms with E-state index in [1.807, 2.05) is 61.5 Å². The number of aryl methyl sites for hydroxylation is 1. The van der Waals surface area contributed by atoms with Gasteiger partial charge in [0.1, 0.15) is 0 Å². The third kappa shape index (κ3) is 5.26. The van der Waals surface area contributed by atoms with Gasteiger partial charge in [0.15, 0.2) is 5.82 Å². The summed E-state index contributed by atoms with van der Waals surface area (Å²) in [6.07, 6.45) is 1.36. The average molecular weight is 414 g/mol. The lowest BCUT2D eigenvalue weighted by atomic mass is 10.1. The largest absolute Gasteiger partial charge is 0.350 e. The molecule has 1 aromatic heterocycles. The van der Waals surface area contributed by atoms with E-state index in [9.17, 15) is 4.79 Å². The van der Waals surface area contributed by atoms with Crippen LogP contribution in [-0.4, -0.2) is 16.0 Å². The number of nitrogens with one attached hydrogen (secondary N) is 1. The Morgan fingerprint density at radius 1 is 1.19 bits per heavy atom. The van der Waals surface area contributed by atoms with Crippen LogP contribution < -0.4 is 5.32 Å². The van der Waals surface area contributed by atoms with Crippen LogP contribution in [0.1, 0.15) is 42.2 Å². The number of nitrogens with zero attached hydrogens (tertiary/aromatic N) is 2. The van der Waals surface area contributed by atoms with Crippen LogP contribution in [0.3, 0.4) is 0 Å². The van der Waals surface area contributed by atoms with E-state index in [0.29, 0.717) is 31.0 Å². The van der Waals surface area contributed by atoms with Crippen molar-refractivity contribution < 1.29 is 9.32 Å². The molecule has 3 rings (SSSR count). The monoisotopic (exact) mass is 413 g/mol. The first-order valence-corrected chi connectivity index (χ1v) is 9.29.